The van der Waals surface area contributed by atoms with Gasteiger partial charge in [0, 0.05) is 6.04 Å². The van der Waals surface area contributed by atoms with Gasteiger partial charge in [0.05, 0.1) is 7.11 Å². The minimum Gasteiger partial charge on any atom is -0.504 e. The van der Waals surface area contributed by atoms with E-state index in [1.165, 1.54) is 45.2 Å². The molecule has 1 saturated carbocycles. The van der Waals surface area contributed by atoms with Gasteiger partial charge in [-0.3, -0.25) is 4.90 Å². The summed E-state index contributed by atoms with van der Waals surface area (Å²) in [5, 5.41) is 9.67. The van der Waals surface area contributed by atoms with Crippen LogP contribution in [-0.2, 0) is 0 Å². The molecule has 3 nitrogen and oxygen atoms in total. The Bertz CT molecular complexity index is 506. The first-order valence-electron chi connectivity index (χ1n) is 7.59. The molecule has 1 unspecified atom stereocenters. The number of rotatable bonds is 3. The summed E-state index contributed by atoms with van der Waals surface area (Å²) in [6, 6.07) is 6.24. The Labute approximate surface area is 120 Å². The Hall–Kier alpha value is -1.48. The number of ether oxygens (including phenoxy) is 1. The highest BCUT2D eigenvalue weighted by Gasteiger charge is 2.28. The second kappa shape index (κ2) is 5.88. The quantitative estimate of drug-likeness (QED) is 0.915. The van der Waals surface area contributed by atoms with Gasteiger partial charge in [0.1, 0.15) is 0 Å². The number of hydrogen-bond acceptors (Lipinski definition) is 3. The van der Waals surface area contributed by atoms with Crippen molar-refractivity contribution >= 4 is 6.08 Å². The molecule has 1 heterocycles. The maximum atomic E-state index is 9.67. The van der Waals surface area contributed by atoms with E-state index in [1.807, 2.05) is 12.1 Å². The van der Waals surface area contributed by atoms with Gasteiger partial charge in [-0.15, -0.1) is 0 Å². The van der Waals surface area contributed by atoms with Gasteiger partial charge in [0.2, 0.25) is 0 Å². The lowest BCUT2D eigenvalue weighted by molar-refractivity contribution is 0.121. The van der Waals surface area contributed by atoms with E-state index < -0.39 is 0 Å². The van der Waals surface area contributed by atoms with E-state index in [2.05, 4.69) is 11.0 Å². The van der Waals surface area contributed by atoms with Crippen molar-refractivity contribution in [2.24, 2.45) is 0 Å². The van der Waals surface area contributed by atoms with Gasteiger partial charge < -0.3 is 9.84 Å². The predicted octanol–water partition coefficient (Wildman–Crippen LogP) is 3.43. The molecule has 2 fully saturated rings. The molecule has 1 saturated heterocycles. The number of aromatic hydroxyl groups is 1. The van der Waals surface area contributed by atoms with Gasteiger partial charge in [-0.25, -0.2) is 0 Å². The zero-order valence-electron chi connectivity index (χ0n) is 12.1. The van der Waals surface area contributed by atoms with Gasteiger partial charge in [0.25, 0.3) is 0 Å². The summed E-state index contributed by atoms with van der Waals surface area (Å²) in [4.78, 5) is 2.60. The van der Waals surface area contributed by atoms with Crippen LogP contribution in [0.25, 0.3) is 6.08 Å². The number of nitrogens with zero attached hydrogens (tertiary/aromatic N) is 1. The van der Waals surface area contributed by atoms with Crippen LogP contribution in [0.5, 0.6) is 11.5 Å². The first-order chi connectivity index (χ1) is 9.78. The fourth-order valence-corrected chi connectivity index (χ4v) is 3.25. The van der Waals surface area contributed by atoms with Crippen molar-refractivity contribution in [2.45, 2.75) is 38.1 Å². The zero-order valence-corrected chi connectivity index (χ0v) is 12.1. The molecule has 3 heteroatoms. The first-order valence-corrected chi connectivity index (χ1v) is 7.59. The SMILES string of the molecule is COc1cc(C=C2CCCCC2N2CCC2)ccc1O. The second-order valence-corrected chi connectivity index (χ2v) is 5.80. The Kier molecular flexibility index (Phi) is 3.97. The number of phenolic OH excluding ortho intramolecular Hbond substituents is 1. The van der Waals surface area contributed by atoms with Gasteiger partial charge in [-0.1, -0.05) is 24.1 Å². The fraction of sp³-hybridized carbons (Fsp3) is 0.529. The van der Waals surface area contributed by atoms with E-state index in [0.717, 1.165) is 5.56 Å². The lowest BCUT2D eigenvalue weighted by Crippen LogP contribution is -2.46. The van der Waals surface area contributed by atoms with E-state index in [0.29, 0.717) is 11.8 Å². The predicted molar refractivity (Wildman–Crippen MR) is 81.1 cm³/mol. The highest BCUT2D eigenvalue weighted by atomic mass is 16.5. The molecular formula is C17H23NO2. The van der Waals surface area contributed by atoms with Gasteiger partial charge >= 0.3 is 0 Å². The summed E-state index contributed by atoms with van der Waals surface area (Å²) in [5.74, 6) is 0.758. The highest BCUT2D eigenvalue weighted by molar-refractivity contribution is 5.59. The number of likely N-dealkylation sites (tertiary alicyclic amines) is 1. The first kappa shape index (κ1) is 13.5. The molecule has 108 valence electrons. The summed E-state index contributed by atoms with van der Waals surface area (Å²) >= 11 is 0. The van der Waals surface area contributed by atoms with Crippen molar-refractivity contribution in [3.63, 3.8) is 0 Å². The van der Waals surface area contributed by atoms with Crippen LogP contribution in [0.1, 0.15) is 37.7 Å². The van der Waals surface area contributed by atoms with Crippen LogP contribution in [0, 0.1) is 0 Å². The minimum absolute atomic E-state index is 0.206. The van der Waals surface area contributed by atoms with Crippen LogP contribution < -0.4 is 4.74 Å². The molecule has 0 bridgehead atoms. The van der Waals surface area contributed by atoms with Crippen molar-refractivity contribution < 1.29 is 9.84 Å². The van der Waals surface area contributed by atoms with Gasteiger partial charge in [-0.05, 0) is 56.5 Å². The Morgan fingerprint density at radius 2 is 2.10 bits per heavy atom. The molecule has 1 aromatic rings. The lowest BCUT2D eigenvalue weighted by atomic mass is 9.86. The third-order valence-electron chi connectivity index (χ3n) is 4.51. The molecule has 1 atom stereocenters. The molecule has 2 aliphatic rings. The van der Waals surface area contributed by atoms with Crippen LogP contribution in [0.3, 0.4) is 0 Å². The number of hydrogen-bond donors (Lipinski definition) is 1. The average molecular weight is 273 g/mol. The Morgan fingerprint density at radius 3 is 2.80 bits per heavy atom. The fourth-order valence-electron chi connectivity index (χ4n) is 3.25. The van der Waals surface area contributed by atoms with Crippen molar-refractivity contribution in [2.75, 3.05) is 20.2 Å². The highest BCUT2D eigenvalue weighted by Crippen LogP contribution is 2.33. The van der Waals surface area contributed by atoms with Crippen LogP contribution in [0.15, 0.2) is 23.8 Å². The molecular weight excluding hydrogens is 250 g/mol. The van der Waals surface area contributed by atoms with Crippen LogP contribution in [-0.4, -0.2) is 36.2 Å². The number of phenols is 1. The summed E-state index contributed by atoms with van der Waals surface area (Å²) < 4.78 is 5.19. The molecule has 1 aliphatic heterocycles. The third-order valence-corrected chi connectivity index (χ3v) is 4.51. The topological polar surface area (TPSA) is 32.7 Å². The Balaban J connectivity index is 1.84. The average Bonchev–Trinajstić information content (AvgIpc) is 2.41. The van der Waals surface area contributed by atoms with Crippen molar-refractivity contribution in [3.8, 4) is 11.5 Å². The molecule has 1 aromatic carbocycles. The molecule has 1 N–H and O–H groups in total. The van der Waals surface area contributed by atoms with E-state index in [4.69, 9.17) is 4.74 Å². The smallest absolute Gasteiger partial charge is 0.161 e. The van der Waals surface area contributed by atoms with E-state index in [1.54, 1.807) is 18.7 Å². The maximum Gasteiger partial charge on any atom is 0.161 e. The van der Waals surface area contributed by atoms with Gasteiger partial charge in [0.15, 0.2) is 11.5 Å². The molecule has 0 radical (unpaired) electrons. The molecule has 0 spiro atoms. The summed E-state index contributed by atoms with van der Waals surface area (Å²) in [7, 11) is 1.59. The second-order valence-electron chi connectivity index (χ2n) is 5.80. The van der Waals surface area contributed by atoms with E-state index >= 15 is 0 Å². The van der Waals surface area contributed by atoms with Crippen molar-refractivity contribution in [1.82, 2.24) is 4.90 Å². The van der Waals surface area contributed by atoms with Crippen molar-refractivity contribution in [3.05, 3.63) is 29.3 Å². The molecule has 1 aliphatic carbocycles. The minimum atomic E-state index is 0.206. The largest absolute Gasteiger partial charge is 0.504 e. The van der Waals surface area contributed by atoms with Crippen LogP contribution in [0.4, 0.5) is 0 Å². The third kappa shape index (κ3) is 2.68. The summed E-state index contributed by atoms with van der Waals surface area (Å²) in [6.07, 6.45) is 8.77. The normalized spacial score (nSPS) is 25.4. The number of benzene rings is 1. The van der Waals surface area contributed by atoms with E-state index in [-0.39, 0.29) is 5.75 Å². The van der Waals surface area contributed by atoms with Crippen LogP contribution in [0.2, 0.25) is 0 Å². The van der Waals surface area contributed by atoms with Crippen LogP contribution >= 0.6 is 0 Å². The molecule has 3 rings (SSSR count). The van der Waals surface area contributed by atoms with Gasteiger partial charge in [-0.2, -0.15) is 0 Å². The summed E-state index contributed by atoms with van der Waals surface area (Å²) in [6.45, 7) is 2.50. The maximum absolute atomic E-state index is 9.67. The molecule has 20 heavy (non-hydrogen) atoms. The van der Waals surface area contributed by atoms with Crippen molar-refractivity contribution in [1.29, 1.82) is 0 Å². The monoisotopic (exact) mass is 273 g/mol. The lowest BCUT2D eigenvalue weighted by Gasteiger charge is -2.42. The zero-order chi connectivity index (χ0) is 13.9. The summed E-state index contributed by atoms with van der Waals surface area (Å²) in [5.41, 5.74) is 2.67. The Morgan fingerprint density at radius 1 is 1.25 bits per heavy atom. The number of methoxy groups -OCH3 is 1. The van der Waals surface area contributed by atoms with E-state index in [9.17, 15) is 5.11 Å². The standard InChI is InChI=1S/C17H23NO2/c1-20-17-12-13(7-8-16(17)19)11-14-5-2-3-6-15(14)18-9-4-10-18/h7-8,11-12,15,19H,2-6,9-10H2,1H3. The molecule has 0 aromatic heterocycles. The molecule has 0 amide bonds.